The van der Waals surface area contributed by atoms with Gasteiger partial charge in [0, 0.05) is 12.6 Å². The molecule has 2 heterocycles. The van der Waals surface area contributed by atoms with Crippen LogP contribution >= 0.6 is 0 Å². The standard InChI is InChI=1S/C9H12N6O2/c1-2-10-8(16)4-11-6-3-7-13-14-9(17)15(7)5-12-6/h3,5,11H,2,4H2,1H3,(H,10,16)(H,14,17). The van der Waals surface area contributed by atoms with Gasteiger partial charge in [-0.25, -0.2) is 19.3 Å². The maximum Gasteiger partial charge on any atom is 0.348 e. The highest BCUT2D eigenvalue weighted by Crippen LogP contribution is 2.03. The van der Waals surface area contributed by atoms with Gasteiger partial charge in [-0.1, -0.05) is 0 Å². The number of anilines is 1. The van der Waals surface area contributed by atoms with E-state index in [1.165, 1.54) is 10.7 Å². The second-order valence-electron chi connectivity index (χ2n) is 3.34. The van der Waals surface area contributed by atoms with Gasteiger partial charge in [-0.3, -0.25) is 4.79 Å². The molecule has 0 fully saturated rings. The fourth-order valence-corrected chi connectivity index (χ4v) is 1.34. The topological polar surface area (TPSA) is 104 Å². The summed E-state index contributed by atoms with van der Waals surface area (Å²) >= 11 is 0. The minimum absolute atomic E-state index is 0.117. The Morgan fingerprint density at radius 3 is 3.18 bits per heavy atom. The first-order valence-corrected chi connectivity index (χ1v) is 5.14. The zero-order valence-corrected chi connectivity index (χ0v) is 9.23. The summed E-state index contributed by atoms with van der Waals surface area (Å²) in [5.41, 5.74) is 0.103. The highest BCUT2D eigenvalue weighted by molar-refractivity contribution is 5.80. The van der Waals surface area contributed by atoms with Crippen LogP contribution in [-0.2, 0) is 4.79 Å². The van der Waals surface area contributed by atoms with Crippen LogP contribution in [0.1, 0.15) is 6.92 Å². The lowest BCUT2D eigenvalue weighted by molar-refractivity contribution is -0.119. The molecule has 2 aromatic rings. The van der Waals surface area contributed by atoms with Crippen LogP contribution in [0.4, 0.5) is 5.82 Å². The van der Waals surface area contributed by atoms with E-state index in [-0.39, 0.29) is 18.1 Å². The van der Waals surface area contributed by atoms with Gasteiger partial charge in [0.15, 0.2) is 5.65 Å². The fraction of sp³-hybridized carbons (Fsp3) is 0.333. The fourth-order valence-electron chi connectivity index (χ4n) is 1.34. The Morgan fingerprint density at radius 2 is 2.41 bits per heavy atom. The lowest BCUT2D eigenvalue weighted by Gasteiger charge is -2.04. The number of aromatic amines is 1. The maximum absolute atomic E-state index is 11.2. The predicted molar refractivity (Wildman–Crippen MR) is 60.8 cm³/mol. The van der Waals surface area contributed by atoms with E-state index in [1.54, 1.807) is 6.07 Å². The minimum Gasteiger partial charge on any atom is -0.361 e. The number of H-pyrrole nitrogens is 1. The van der Waals surface area contributed by atoms with Crippen LogP contribution < -0.4 is 16.3 Å². The molecule has 8 nitrogen and oxygen atoms in total. The number of hydrogen-bond acceptors (Lipinski definition) is 5. The summed E-state index contributed by atoms with van der Waals surface area (Å²) in [4.78, 5) is 26.4. The Morgan fingerprint density at radius 1 is 1.59 bits per heavy atom. The van der Waals surface area contributed by atoms with Crippen LogP contribution in [0.2, 0.25) is 0 Å². The van der Waals surface area contributed by atoms with Gasteiger partial charge in [-0.15, -0.1) is 0 Å². The molecule has 0 saturated heterocycles. The molecule has 90 valence electrons. The van der Waals surface area contributed by atoms with E-state index in [9.17, 15) is 9.59 Å². The summed E-state index contributed by atoms with van der Waals surface area (Å²) < 4.78 is 1.28. The van der Waals surface area contributed by atoms with Gasteiger partial charge >= 0.3 is 5.69 Å². The lowest BCUT2D eigenvalue weighted by atomic mass is 10.5. The van der Waals surface area contributed by atoms with Gasteiger partial charge in [-0.2, -0.15) is 5.10 Å². The molecule has 0 bridgehead atoms. The summed E-state index contributed by atoms with van der Waals surface area (Å²) in [6, 6.07) is 1.58. The van der Waals surface area contributed by atoms with Gasteiger partial charge in [0.05, 0.1) is 6.54 Å². The molecule has 0 aromatic carbocycles. The Bertz CT molecular complexity index is 586. The first kappa shape index (κ1) is 11.1. The molecule has 1 amide bonds. The van der Waals surface area contributed by atoms with Gasteiger partial charge in [0.2, 0.25) is 5.91 Å². The van der Waals surface area contributed by atoms with E-state index in [1.807, 2.05) is 6.92 Å². The van der Waals surface area contributed by atoms with Crippen molar-refractivity contribution in [3.05, 3.63) is 22.9 Å². The van der Waals surface area contributed by atoms with Crippen molar-refractivity contribution < 1.29 is 4.79 Å². The van der Waals surface area contributed by atoms with Gasteiger partial charge in [0.1, 0.15) is 12.1 Å². The number of amides is 1. The molecule has 2 rings (SSSR count). The third kappa shape index (κ3) is 2.41. The van der Waals surface area contributed by atoms with Crippen LogP contribution in [0, 0.1) is 0 Å². The molecular formula is C9H12N6O2. The number of nitrogens with zero attached hydrogens (tertiary/aromatic N) is 3. The number of aromatic nitrogens is 4. The largest absolute Gasteiger partial charge is 0.361 e. The molecule has 8 heteroatoms. The summed E-state index contributed by atoms with van der Waals surface area (Å²) in [7, 11) is 0. The Balaban J connectivity index is 2.09. The van der Waals surface area contributed by atoms with Crippen molar-refractivity contribution in [1.29, 1.82) is 0 Å². The first-order chi connectivity index (χ1) is 8.20. The monoisotopic (exact) mass is 236 g/mol. The second kappa shape index (κ2) is 4.64. The van der Waals surface area contributed by atoms with Crippen LogP contribution in [-0.4, -0.2) is 38.6 Å². The van der Waals surface area contributed by atoms with Crippen molar-refractivity contribution in [2.24, 2.45) is 0 Å². The molecule has 17 heavy (non-hydrogen) atoms. The third-order valence-corrected chi connectivity index (χ3v) is 2.11. The smallest absolute Gasteiger partial charge is 0.348 e. The van der Waals surface area contributed by atoms with Gasteiger partial charge < -0.3 is 10.6 Å². The molecule has 0 atom stereocenters. The molecule has 0 aliphatic heterocycles. The second-order valence-corrected chi connectivity index (χ2v) is 3.34. The molecule has 0 aliphatic rings. The van der Waals surface area contributed by atoms with E-state index in [4.69, 9.17) is 0 Å². The van der Waals surface area contributed by atoms with E-state index >= 15 is 0 Å². The molecular weight excluding hydrogens is 224 g/mol. The van der Waals surface area contributed by atoms with Crippen LogP contribution in [0.25, 0.3) is 5.65 Å². The number of rotatable bonds is 4. The Labute approximate surface area is 96.1 Å². The van der Waals surface area contributed by atoms with E-state index in [0.29, 0.717) is 18.0 Å². The average molecular weight is 236 g/mol. The number of nitrogens with one attached hydrogen (secondary N) is 3. The van der Waals surface area contributed by atoms with Gasteiger partial charge in [-0.05, 0) is 6.92 Å². The van der Waals surface area contributed by atoms with Crippen molar-refractivity contribution >= 4 is 17.4 Å². The van der Waals surface area contributed by atoms with E-state index in [2.05, 4.69) is 25.8 Å². The number of carbonyl (C=O) groups is 1. The quantitative estimate of drug-likeness (QED) is 0.629. The number of carbonyl (C=O) groups excluding carboxylic acids is 1. The summed E-state index contributed by atoms with van der Waals surface area (Å²) in [5.74, 6) is 0.372. The molecule has 0 aliphatic carbocycles. The highest BCUT2D eigenvalue weighted by Gasteiger charge is 2.03. The van der Waals surface area contributed by atoms with Crippen LogP contribution in [0.3, 0.4) is 0 Å². The van der Waals surface area contributed by atoms with Crippen molar-refractivity contribution in [2.75, 3.05) is 18.4 Å². The van der Waals surface area contributed by atoms with Crippen molar-refractivity contribution in [3.63, 3.8) is 0 Å². The van der Waals surface area contributed by atoms with Crippen LogP contribution in [0.5, 0.6) is 0 Å². The highest BCUT2D eigenvalue weighted by atomic mass is 16.2. The SMILES string of the molecule is CCNC(=O)CNc1cc2n[nH]c(=O)n2cn1. The first-order valence-electron chi connectivity index (χ1n) is 5.14. The Kier molecular flexibility index (Phi) is 3.03. The average Bonchev–Trinajstić information content (AvgIpc) is 2.69. The third-order valence-electron chi connectivity index (χ3n) is 2.11. The van der Waals surface area contributed by atoms with Gasteiger partial charge in [0.25, 0.3) is 0 Å². The molecule has 3 N–H and O–H groups in total. The van der Waals surface area contributed by atoms with E-state index in [0.717, 1.165) is 0 Å². The Hall–Kier alpha value is -2.38. The van der Waals surface area contributed by atoms with Crippen molar-refractivity contribution in [3.8, 4) is 0 Å². The predicted octanol–water partition coefficient (Wildman–Crippen LogP) is -1.03. The molecule has 0 unspecified atom stereocenters. The maximum atomic E-state index is 11.2. The number of hydrogen-bond donors (Lipinski definition) is 3. The van der Waals surface area contributed by atoms with Crippen molar-refractivity contribution in [1.82, 2.24) is 24.9 Å². The molecule has 0 radical (unpaired) electrons. The molecule has 0 spiro atoms. The number of likely N-dealkylation sites (N-methyl/N-ethyl adjacent to an activating group) is 1. The summed E-state index contributed by atoms with van der Waals surface area (Å²) in [6.45, 7) is 2.56. The molecule has 0 saturated carbocycles. The normalized spacial score (nSPS) is 10.4. The lowest BCUT2D eigenvalue weighted by Crippen LogP contribution is -2.29. The van der Waals surface area contributed by atoms with E-state index < -0.39 is 0 Å². The molecule has 2 aromatic heterocycles. The summed E-state index contributed by atoms with van der Waals surface area (Å²) in [5, 5.41) is 11.6. The minimum atomic E-state index is -0.345. The zero-order chi connectivity index (χ0) is 12.3. The van der Waals surface area contributed by atoms with Crippen molar-refractivity contribution in [2.45, 2.75) is 6.92 Å². The number of fused-ring (bicyclic) bond motifs is 1. The zero-order valence-electron chi connectivity index (χ0n) is 9.23. The van der Waals surface area contributed by atoms with Crippen LogP contribution in [0.15, 0.2) is 17.2 Å². The summed E-state index contributed by atoms with van der Waals surface area (Å²) in [6.07, 6.45) is 1.35.